The summed E-state index contributed by atoms with van der Waals surface area (Å²) in [6.45, 7) is 2.54. The molecule has 0 aliphatic rings. The van der Waals surface area contributed by atoms with Crippen molar-refractivity contribution in [3.63, 3.8) is 0 Å². The minimum absolute atomic E-state index is 0.0527. The van der Waals surface area contributed by atoms with Gasteiger partial charge in [-0.05, 0) is 12.5 Å². The third kappa shape index (κ3) is 5.40. The molecule has 0 heterocycles. The minimum Gasteiger partial charge on any atom is -0.409 e. The van der Waals surface area contributed by atoms with Crippen LogP contribution in [0.5, 0.6) is 0 Å². The fourth-order valence-corrected chi connectivity index (χ4v) is 2.00. The maximum Gasteiger partial charge on any atom is 0.141 e. The normalized spacial score (nSPS) is 16.8. The van der Waals surface area contributed by atoms with Crippen molar-refractivity contribution < 1.29 is 9.42 Å². The Morgan fingerprint density at radius 3 is 2.63 bits per heavy atom. The van der Waals surface area contributed by atoms with Crippen molar-refractivity contribution in [2.45, 2.75) is 24.6 Å². The van der Waals surface area contributed by atoms with E-state index in [1.165, 1.54) is 0 Å². The van der Waals surface area contributed by atoms with E-state index in [4.69, 9.17) is 10.9 Å². The zero-order chi connectivity index (χ0) is 14.3. The SMILES string of the molecule is CC(CNC(C/C(N)=N/O)c1ccccc1)S(C)=O. The van der Waals surface area contributed by atoms with E-state index < -0.39 is 10.8 Å². The Bertz CT molecular complexity index is 437. The van der Waals surface area contributed by atoms with Crippen LogP contribution in [0, 0.1) is 0 Å². The molecule has 0 aliphatic carbocycles. The summed E-state index contributed by atoms with van der Waals surface area (Å²) < 4.78 is 11.4. The van der Waals surface area contributed by atoms with E-state index in [2.05, 4.69) is 10.5 Å². The van der Waals surface area contributed by atoms with Crippen molar-refractivity contribution >= 4 is 16.6 Å². The Labute approximate surface area is 116 Å². The summed E-state index contributed by atoms with van der Waals surface area (Å²) >= 11 is 0. The second-order valence-corrected chi connectivity index (χ2v) is 6.28. The Kier molecular flexibility index (Phi) is 6.52. The molecular weight excluding hydrogens is 262 g/mol. The van der Waals surface area contributed by atoms with Gasteiger partial charge in [-0.1, -0.05) is 35.5 Å². The summed E-state index contributed by atoms with van der Waals surface area (Å²) in [7, 11) is -0.871. The first-order valence-corrected chi connectivity index (χ1v) is 7.73. The molecule has 0 radical (unpaired) electrons. The summed E-state index contributed by atoms with van der Waals surface area (Å²) in [5, 5.41) is 15.1. The highest BCUT2D eigenvalue weighted by Crippen LogP contribution is 2.16. The number of nitrogens with two attached hydrogens (primary N) is 1. The molecular formula is C13H21N3O2S. The lowest BCUT2D eigenvalue weighted by atomic mass is 10.0. The molecule has 0 saturated carbocycles. The standard InChI is InChI=1S/C13H21N3O2S/c1-10(19(2)18)9-15-12(8-13(14)16-17)11-6-4-3-5-7-11/h3-7,10,12,15,17H,8-9H2,1-2H3,(H2,14,16). The molecule has 0 aromatic heterocycles. The van der Waals surface area contributed by atoms with Crippen molar-refractivity contribution in [3.8, 4) is 0 Å². The molecule has 0 fully saturated rings. The molecule has 0 aliphatic heterocycles. The van der Waals surface area contributed by atoms with E-state index >= 15 is 0 Å². The molecule has 106 valence electrons. The second-order valence-electron chi connectivity index (χ2n) is 4.48. The molecule has 1 rings (SSSR count). The number of amidine groups is 1. The number of benzene rings is 1. The number of hydrogen-bond donors (Lipinski definition) is 3. The lowest BCUT2D eigenvalue weighted by Crippen LogP contribution is -2.33. The Morgan fingerprint density at radius 2 is 2.11 bits per heavy atom. The molecule has 1 aromatic carbocycles. The van der Waals surface area contributed by atoms with Crippen molar-refractivity contribution in [1.29, 1.82) is 0 Å². The summed E-state index contributed by atoms with van der Waals surface area (Å²) in [6, 6.07) is 9.73. The van der Waals surface area contributed by atoms with Crippen LogP contribution in [0.15, 0.2) is 35.5 Å². The fourth-order valence-electron chi connectivity index (χ4n) is 1.67. The predicted octanol–water partition coefficient (Wildman–Crippen LogP) is 1.22. The van der Waals surface area contributed by atoms with Crippen molar-refractivity contribution in [3.05, 3.63) is 35.9 Å². The number of hydrogen-bond acceptors (Lipinski definition) is 4. The first-order valence-electron chi connectivity index (χ1n) is 6.11. The molecule has 4 N–H and O–H groups in total. The lowest BCUT2D eigenvalue weighted by molar-refractivity contribution is 0.315. The molecule has 1 aromatic rings. The number of rotatable bonds is 7. The summed E-state index contributed by atoms with van der Waals surface area (Å²) in [4.78, 5) is 0. The van der Waals surface area contributed by atoms with E-state index in [0.29, 0.717) is 13.0 Å². The van der Waals surface area contributed by atoms with E-state index in [-0.39, 0.29) is 17.1 Å². The van der Waals surface area contributed by atoms with Crippen LogP contribution in [0.4, 0.5) is 0 Å². The Hall–Kier alpha value is -1.40. The maximum atomic E-state index is 11.4. The van der Waals surface area contributed by atoms with E-state index in [1.54, 1.807) is 6.26 Å². The van der Waals surface area contributed by atoms with Crippen molar-refractivity contribution in [2.24, 2.45) is 10.9 Å². The fraction of sp³-hybridized carbons (Fsp3) is 0.462. The van der Waals surface area contributed by atoms with Gasteiger partial charge >= 0.3 is 0 Å². The van der Waals surface area contributed by atoms with Gasteiger partial charge in [0.2, 0.25) is 0 Å². The van der Waals surface area contributed by atoms with Crippen LogP contribution in [-0.2, 0) is 10.8 Å². The predicted molar refractivity (Wildman–Crippen MR) is 78.7 cm³/mol. The Morgan fingerprint density at radius 1 is 1.47 bits per heavy atom. The van der Waals surface area contributed by atoms with Gasteiger partial charge in [-0.3, -0.25) is 4.21 Å². The van der Waals surface area contributed by atoms with Crippen LogP contribution in [0.25, 0.3) is 0 Å². The second kappa shape index (κ2) is 7.91. The Balaban J connectivity index is 2.73. The van der Waals surface area contributed by atoms with E-state index in [9.17, 15) is 4.21 Å². The molecule has 3 unspecified atom stereocenters. The van der Waals surface area contributed by atoms with Gasteiger partial charge in [0, 0.05) is 41.3 Å². The van der Waals surface area contributed by atoms with Crippen LogP contribution in [-0.4, -0.2) is 33.3 Å². The zero-order valence-electron chi connectivity index (χ0n) is 11.2. The summed E-state index contributed by atoms with van der Waals surface area (Å²) in [6.07, 6.45) is 2.09. The van der Waals surface area contributed by atoms with Crippen LogP contribution in [0.2, 0.25) is 0 Å². The van der Waals surface area contributed by atoms with E-state index in [1.807, 2.05) is 37.3 Å². The number of nitrogens with zero attached hydrogens (tertiary/aromatic N) is 1. The quantitative estimate of drug-likeness (QED) is 0.304. The van der Waals surface area contributed by atoms with Gasteiger partial charge in [0.1, 0.15) is 5.84 Å². The molecule has 0 spiro atoms. The average Bonchev–Trinajstić information content (AvgIpc) is 2.43. The largest absolute Gasteiger partial charge is 0.409 e. The smallest absolute Gasteiger partial charge is 0.141 e. The molecule has 5 nitrogen and oxygen atoms in total. The molecule has 0 bridgehead atoms. The van der Waals surface area contributed by atoms with Crippen molar-refractivity contribution in [1.82, 2.24) is 5.32 Å². The van der Waals surface area contributed by atoms with Crippen LogP contribution < -0.4 is 11.1 Å². The topological polar surface area (TPSA) is 87.7 Å². The molecule has 19 heavy (non-hydrogen) atoms. The van der Waals surface area contributed by atoms with Gasteiger partial charge in [0.25, 0.3) is 0 Å². The molecule has 0 amide bonds. The minimum atomic E-state index is -0.871. The van der Waals surface area contributed by atoms with Crippen LogP contribution >= 0.6 is 0 Å². The van der Waals surface area contributed by atoms with E-state index in [0.717, 1.165) is 5.56 Å². The van der Waals surface area contributed by atoms with Crippen LogP contribution in [0.1, 0.15) is 24.9 Å². The van der Waals surface area contributed by atoms with Gasteiger partial charge in [-0.25, -0.2) is 0 Å². The highest BCUT2D eigenvalue weighted by atomic mass is 32.2. The van der Waals surface area contributed by atoms with Gasteiger partial charge in [-0.2, -0.15) is 0 Å². The number of oxime groups is 1. The lowest BCUT2D eigenvalue weighted by Gasteiger charge is -2.20. The zero-order valence-corrected chi connectivity index (χ0v) is 12.1. The third-order valence-corrected chi connectivity index (χ3v) is 4.26. The highest BCUT2D eigenvalue weighted by Gasteiger charge is 2.15. The van der Waals surface area contributed by atoms with Crippen molar-refractivity contribution in [2.75, 3.05) is 12.8 Å². The molecule has 0 saturated heterocycles. The van der Waals surface area contributed by atoms with Gasteiger partial charge in [0.05, 0.1) is 0 Å². The van der Waals surface area contributed by atoms with Gasteiger partial charge in [0.15, 0.2) is 0 Å². The molecule has 3 atom stereocenters. The number of nitrogens with one attached hydrogen (secondary N) is 1. The average molecular weight is 283 g/mol. The first kappa shape index (κ1) is 15.7. The summed E-state index contributed by atoms with van der Waals surface area (Å²) in [5.41, 5.74) is 6.64. The van der Waals surface area contributed by atoms with Gasteiger partial charge in [-0.15, -0.1) is 0 Å². The van der Waals surface area contributed by atoms with Crippen LogP contribution in [0.3, 0.4) is 0 Å². The highest BCUT2D eigenvalue weighted by molar-refractivity contribution is 7.84. The maximum absolute atomic E-state index is 11.4. The molecule has 6 heteroatoms. The first-order chi connectivity index (χ1) is 9.04. The summed E-state index contributed by atoms with van der Waals surface area (Å²) in [5.74, 6) is 0.173. The monoisotopic (exact) mass is 283 g/mol. The third-order valence-electron chi connectivity index (χ3n) is 2.96. The van der Waals surface area contributed by atoms with Gasteiger partial charge < -0.3 is 16.3 Å².